The van der Waals surface area contributed by atoms with Gasteiger partial charge >= 0.3 is 0 Å². The molecule has 1 N–H and O–H groups in total. The van der Waals surface area contributed by atoms with Gasteiger partial charge in [-0.2, -0.15) is 0 Å². The van der Waals surface area contributed by atoms with E-state index in [0.717, 1.165) is 51.6 Å². The summed E-state index contributed by atoms with van der Waals surface area (Å²) in [6.45, 7) is 5.93. The molecule has 35 heavy (non-hydrogen) atoms. The van der Waals surface area contributed by atoms with Gasteiger partial charge in [-0.05, 0) is 68.5 Å². The zero-order valence-corrected chi connectivity index (χ0v) is 21.3. The van der Waals surface area contributed by atoms with E-state index >= 15 is 0 Å². The van der Waals surface area contributed by atoms with Gasteiger partial charge in [0.2, 0.25) is 5.91 Å². The van der Waals surface area contributed by atoms with Gasteiger partial charge in [0, 0.05) is 39.2 Å². The van der Waals surface area contributed by atoms with Crippen LogP contribution in [0.5, 0.6) is 5.75 Å². The summed E-state index contributed by atoms with van der Waals surface area (Å²) in [5, 5.41) is 4.74. The molecular weight excluding hydrogens is 458 g/mol. The van der Waals surface area contributed by atoms with Gasteiger partial charge in [0.25, 0.3) is 0 Å². The largest absolute Gasteiger partial charge is 0.496 e. The molecule has 0 spiro atoms. The predicted octanol–water partition coefficient (Wildman–Crippen LogP) is 7.61. The Morgan fingerprint density at radius 3 is 2.54 bits per heavy atom. The van der Waals surface area contributed by atoms with E-state index in [1.807, 2.05) is 69.3 Å². The Bertz CT molecular complexity index is 1350. The molecule has 0 aliphatic heterocycles. The van der Waals surface area contributed by atoms with E-state index in [1.165, 1.54) is 5.56 Å². The quantitative estimate of drug-likeness (QED) is 0.260. The van der Waals surface area contributed by atoms with Crippen LogP contribution in [0.4, 0.5) is 0 Å². The van der Waals surface area contributed by atoms with E-state index in [0.29, 0.717) is 10.8 Å². The lowest BCUT2D eigenvalue weighted by Crippen LogP contribution is -2.31. The number of carbonyl (C=O) groups excluding carboxylic acids is 1. The highest BCUT2D eigenvalue weighted by Gasteiger charge is 2.19. The second kappa shape index (κ2) is 10.8. The molecule has 1 amide bonds. The van der Waals surface area contributed by atoms with Crippen molar-refractivity contribution in [2.75, 3.05) is 7.11 Å². The Hall–Kier alpha value is -3.50. The van der Waals surface area contributed by atoms with E-state index < -0.39 is 0 Å². The number of benzene rings is 3. The van der Waals surface area contributed by atoms with Gasteiger partial charge in [-0.25, -0.2) is 0 Å². The van der Waals surface area contributed by atoms with E-state index in [2.05, 4.69) is 17.4 Å². The van der Waals surface area contributed by atoms with E-state index in [4.69, 9.17) is 20.8 Å². The average Bonchev–Trinajstić information content (AvgIpc) is 3.28. The molecule has 5 heteroatoms. The van der Waals surface area contributed by atoms with Crippen molar-refractivity contribution in [1.82, 2.24) is 5.32 Å². The first-order valence-electron chi connectivity index (χ1n) is 11.7. The summed E-state index contributed by atoms with van der Waals surface area (Å²) in [7, 11) is 1.64. The molecule has 180 valence electrons. The van der Waals surface area contributed by atoms with Crippen molar-refractivity contribution >= 4 is 34.1 Å². The molecule has 1 heterocycles. The minimum absolute atomic E-state index is 0.0586. The molecule has 1 atom stereocenters. The average molecular weight is 488 g/mol. The molecule has 0 fully saturated rings. The number of carbonyl (C=O) groups is 1. The first kappa shape index (κ1) is 24.6. The Balaban J connectivity index is 1.59. The maximum absolute atomic E-state index is 12.8. The summed E-state index contributed by atoms with van der Waals surface area (Å²) >= 11 is 6.07. The zero-order valence-electron chi connectivity index (χ0n) is 20.5. The highest BCUT2D eigenvalue weighted by atomic mass is 35.5. The summed E-state index contributed by atoms with van der Waals surface area (Å²) in [6.07, 6.45) is 5.19. The van der Waals surface area contributed by atoms with Gasteiger partial charge < -0.3 is 14.5 Å². The molecule has 3 aromatic carbocycles. The Labute approximate surface area is 211 Å². The number of fused-ring (bicyclic) bond motifs is 1. The van der Waals surface area contributed by atoms with Crippen molar-refractivity contribution in [2.24, 2.45) is 0 Å². The van der Waals surface area contributed by atoms with Gasteiger partial charge in [0.05, 0.1) is 13.4 Å². The minimum atomic E-state index is -0.118. The number of ether oxygens (including phenoxy) is 1. The third-order valence-corrected chi connectivity index (χ3v) is 6.53. The third-order valence-electron chi connectivity index (χ3n) is 6.27. The number of halogens is 1. The first-order valence-corrected chi connectivity index (χ1v) is 12.1. The fourth-order valence-electron chi connectivity index (χ4n) is 4.38. The van der Waals surface area contributed by atoms with Crippen molar-refractivity contribution in [3.8, 4) is 16.9 Å². The third kappa shape index (κ3) is 5.60. The molecular formula is C30H30ClNO3. The molecule has 0 aliphatic rings. The van der Waals surface area contributed by atoms with Crippen molar-refractivity contribution in [2.45, 2.75) is 39.7 Å². The second-order valence-electron chi connectivity index (χ2n) is 8.88. The summed E-state index contributed by atoms with van der Waals surface area (Å²) in [5.74, 6) is 0.584. The van der Waals surface area contributed by atoms with Crippen LogP contribution in [0, 0.1) is 6.92 Å². The van der Waals surface area contributed by atoms with Gasteiger partial charge in [-0.15, -0.1) is 0 Å². The minimum Gasteiger partial charge on any atom is -0.496 e. The zero-order chi connectivity index (χ0) is 24.9. The maximum atomic E-state index is 12.8. The Morgan fingerprint density at radius 1 is 1.14 bits per heavy atom. The monoisotopic (exact) mass is 487 g/mol. The molecule has 4 nitrogen and oxygen atoms in total. The fraction of sp³-hybridized carbons (Fsp3) is 0.233. The lowest BCUT2D eigenvalue weighted by Gasteiger charge is -2.15. The van der Waals surface area contributed by atoms with E-state index in [-0.39, 0.29) is 11.9 Å². The van der Waals surface area contributed by atoms with E-state index in [1.54, 1.807) is 19.4 Å². The van der Waals surface area contributed by atoms with Crippen LogP contribution in [0.15, 0.2) is 77.4 Å². The Morgan fingerprint density at radius 2 is 1.86 bits per heavy atom. The summed E-state index contributed by atoms with van der Waals surface area (Å²) in [4.78, 5) is 12.8. The molecule has 1 aromatic heterocycles. The van der Waals surface area contributed by atoms with Crippen LogP contribution in [0.2, 0.25) is 5.02 Å². The number of allylic oxidation sites excluding steroid dienone is 1. The topological polar surface area (TPSA) is 51.5 Å². The van der Waals surface area contributed by atoms with Crippen LogP contribution in [0.1, 0.15) is 37.0 Å². The number of aryl methyl sites for hydroxylation is 2. The fourth-order valence-corrected chi connectivity index (χ4v) is 4.51. The molecule has 0 saturated carbocycles. The number of hydrogen-bond acceptors (Lipinski definition) is 3. The standard InChI is InChI=1S/C30H30ClNO3/c1-19(16-28(33)32-20(2)10-11-22-8-6-5-7-9-22)25-17-26-27(23-12-14-24(31)15-13-23)18-35-30(26)21(3)29(25)34-4/h5-9,12-18,20H,10-11H2,1-4H3,(H,32,33)/b19-16+. The SMILES string of the molecule is COc1c(/C(C)=C/C(=O)NC(C)CCc2ccccc2)cc2c(-c3ccc(Cl)cc3)coc2c1C. The maximum Gasteiger partial charge on any atom is 0.244 e. The van der Waals surface area contributed by atoms with Gasteiger partial charge in [-0.3, -0.25) is 4.79 Å². The molecule has 4 rings (SSSR count). The number of rotatable bonds is 8. The predicted molar refractivity (Wildman–Crippen MR) is 144 cm³/mol. The highest BCUT2D eigenvalue weighted by Crippen LogP contribution is 2.40. The number of methoxy groups -OCH3 is 1. The van der Waals surface area contributed by atoms with Crippen LogP contribution in [0.25, 0.3) is 27.7 Å². The molecule has 0 aliphatic carbocycles. The second-order valence-corrected chi connectivity index (χ2v) is 9.31. The molecule has 1 unspecified atom stereocenters. The van der Waals surface area contributed by atoms with Crippen LogP contribution in [-0.4, -0.2) is 19.1 Å². The molecule has 0 saturated heterocycles. The Kier molecular flexibility index (Phi) is 7.62. The molecule has 0 bridgehead atoms. The van der Waals surface area contributed by atoms with Crippen molar-refractivity contribution < 1.29 is 13.9 Å². The lowest BCUT2D eigenvalue weighted by molar-refractivity contribution is -0.117. The van der Waals surface area contributed by atoms with Crippen LogP contribution < -0.4 is 10.1 Å². The van der Waals surface area contributed by atoms with Crippen LogP contribution in [-0.2, 0) is 11.2 Å². The summed E-state index contributed by atoms with van der Waals surface area (Å²) in [5.41, 5.74) is 6.59. The van der Waals surface area contributed by atoms with Gasteiger partial charge in [0.15, 0.2) is 0 Å². The van der Waals surface area contributed by atoms with Crippen LogP contribution >= 0.6 is 11.6 Å². The smallest absolute Gasteiger partial charge is 0.244 e. The summed E-state index contributed by atoms with van der Waals surface area (Å²) < 4.78 is 11.7. The lowest BCUT2D eigenvalue weighted by atomic mass is 9.96. The highest BCUT2D eigenvalue weighted by molar-refractivity contribution is 6.30. The number of nitrogens with one attached hydrogen (secondary N) is 1. The van der Waals surface area contributed by atoms with Crippen LogP contribution in [0.3, 0.4) is 0 Å². The van der Waals surface area contributed by atoms with Crippen molar-refractivity contribution in [3.05, 3.63) is 94.7 Å². The first-order chi connectivity index (χ1) is 16.9. The summed E-state index contributed by atoms with van der Waals surface area (Å²) in [6, 6.07) is 20.1. The van der Waals surface area contributed by atoms with Crippen molar-refractivity contribution in [1.29, 1.82) is 0 Å². The molecule has 4 aromatic rings. The molecule has 0 radical (unpaired) electrons. The normalized spacial score (nSPS) is 12.5. The van der Waals surface area contributed by atoms with Crippen molar-refractivity contribution in [3.63, 3.8) is 0 Å². The van der Waals surface area contributed by atoms with Gasteiger partial charge in [-0.1, -0.05) is 54.1 Å². The number of furan rings is 1. The van der Waals surface area contributed by atoms with E-state index in [9.17, 15) is 4.79 Å². The van der Waals surface area contributed by atoms with Gasteiger partial charge in [0.1, 0.15) is 11.3 Å². The number of hydrogen-bond donors (Lipinski definition) is 1. The number of amides is 1.